The van der Waals surface area contributed by atoms with Crippen LogP contribution in [0.2, 0.25) is 0 Å². The zero-order valence-electron chi connectivity index (χ0n) is 10.5. The molecule has 0 saturated carbocycles. The highest BCUT2D eigenvalue weighted by atomic mass is 33.1. The van der Waals surface area contributed by atoms with Crippen molar-refractivity contribution in [2.24, 2.45) is 5.73 Å². The van der Waals surface area contributed by atoms with Crippen molar-refractivity contribution in [3.63, 3.8) is 0 Å². The van der Waals surface area contributed by atoms with Gasteiger partial charge in [0.1, 0.15) is 6.04 Å². The van der Waals surface area contributed by atoms with E-state index in [1.54, 1.807) is 32.0 Å². The maximum atomic E-state index is 11.0. The molecule has 0 aliphatic rings. The zero-order chi connectivity index (χ0) is 14.6. The lowest BCUT2D eigenvalue weighted by atomic mass is 10.1. The summed E-state index contributed by atoms with van der Waals surface area (Å²) in [6.45, 7) is 3.43. The van der Waals surface area contributed by atoms with E-state index in [-0.39, 0.29) is 5.56 Å². The second kappa shape index (κ2) is 6.31. The molecule has 1 aromatic rings. The van der Waals surface area contributed by atoms with Crippen LogP contribution in [0.25, 0.3) is 0 Å². The molecule has 1 rings (SSSR count). The normalized spacial score (nSPS) is 13.0. The fourth-order valence-corrected chi connectivity index (χ4v) is 3.77. The molecule has 0 saturated heterocycles. The largest absolute Gasteiger partial charge is 0.480 e. The molecule has 5 nitrogen and oxygen atoms in total. The topological polar surface area (TPSA) is 101 Å². The fourth-order valence-electron chi connectivity index (χ4n) is 1.22. The Morgan fingerprint density at radius 3 is 2.37 bits per heavy atom. The maximum Gasteiger partial charge on any atom is 0.336 e. The number of carbonyl (C=O) groups is 2. The predicted molar refractivity (Wildman–Crippen MR) is 76.5 cm³/mol. The molecule has 0 aliphatic heterocycles. The number of nitrogens with two attached hydrogens (primary N) is 1. The van der Waals surface area contributed by atoms with Gasteiger partial charge in [0.2, 0.25) is 0 Å². The summed E-state index contributed by atoms with van der Waals surface area (Å²) in [6.07, 6.45) is 0. The highest BCUT2D eigenvalue weighted by molar-refractivity contribution is 8.77. The molecule has 0 spiro atoms. The Hall–Kier alpha value is -1.18. The van der Waals surface area contributed by atoms with Crippen molar-refractivity contribution < 1.29 is 19.8 Å². The number of hydrogen-bond donors (Lipinski definition) is 3. The second-order valence-electron chi connectivity index (χ2n) is 4.39. The molecule has 1 atom stereocenters. The van der Waals surface area contributed by atoms with Crippen LogP contribution < -0.4 is 5.73 Å². The van der Waals surface area contributed by atoms with E-state index in [0.717, 1.165) is 0 Å². The third-order valence-electron chi connectivity index (χ3n) is 2.48. The van der Waals surface area contributed by atoms with Gasteiger partial charge in [0.05, 0.1) is 5.56 Å². The first kappa shape index (κ1) is 15.9. The first-order chi connectivity index (χ1) is 8.75. The van der Waals surface area contributed by atoms with E-state index in [0.29, 0.717) is 4.90 Å². The lowest BCUT2D eigenvalue weighted by Gasteiger charge is -2.27. The molecule has 104 valence electrons. The Bertz CT molecular complexity index is 490. The third kappa shape index (κ3) is 4.15. The van der Waals surface area contributed by atoms with Crippen LogP contribution in [0.5, 0.6) is 0 Å². The molecule has 0 fully saturated rings. The molecule has 0 bridgehead atoms. The first-order valence-electron chi connectivity index (χ1n) is 5.42. The van der Waals surface area contributed by atoms with Crippen LogP contribution in [-0.4, -0.2) is 32.9 Å². The number of hydrogen-bond acceptors (Lipinski definition) is 5. The van der Waals surface area contributed by atoms with Crippen molar-refractivity contribution in [1.29, 1.82) is 0 Å². The minimum Gasteiger partial charge on any atom is -0.480 e. The zero-order valence-corrected chi connectivity index (χ0v) is 12.1. The van der Waals surface area contributed by atoms with Gasteiger partial charge in [-0.1, -0.05) is 33.7 Å². The molecule has 7 heteroatoms. The van der Waals surface area contributed by atoms with Crippen molar-refractivity contribution in [2.75, 3.05) is 0 Å². The van der Waals surface area contributed by atoms with Crippen LogP contribution in [0, 0.1) is 0 Å². The Kier molecular flexibility index (Phi) is 5.28. The smallest absolute Gasteiger partial charge is 0.336 e. The van der Waals surface area contributed by atoms with Gasteiger partial charge in [-0.25, -0.2) is 4.79 Å². The molecule has 0 aliphatic carbocycles. The van der Waals surface area contributed by atoms with Gasteiger partial charge in [0.25, 0.3) is 0 Å². The molecule has 1 aromatic carbocycles. The first-order valence-corrected chi connectivity index (χ1v) is 7.57. The fraction of sp³-hybridized carbons (Fsp3) is 0.333. The molecule has 19 heavy (non-hydrogen) atoms. The van der Waals surface area contributed by atoms with Crippen LogP contribution in [0.4, 0.5) is 0 Å². The molecule has 0 amide bonds. The monoisotopic (exact) mass is 301 g/mol. The van der Waals surface area contributed by atoms with Crippen molar-refractivity contribution in [1.82, 2.24) is 0 Å². The SMILES string of the molecule is CC(C)(SSc1ccccc1C(=O)O)[C@@H](N)C(=O)O. The third-order valence-corrected chi connectivity index (χ3v) is 5.86. The summed E-state index contributed by atoms with van der Waals surface area (Å²) in [6, 6.07) is 5.55. The lowest BCUT2D eigenvalue weighted by Crippen LogP contribution is -2.46. The number of benzene rings is 1. The van der Waals surface area contributed by atoms with E-state index in [2.05, 4.69) is 0 Å². The standard InChI is InChI=1S/C12H15NO4S2/c1-12(2,9(13)11(16)17)19-18-8-6-4-3-5-7(8)10(14)15/h3-6,9H,13H2,1-2H3,(H,14,15)(H,16,17)/t9-/m0/s1. The van der Waals surface area contributed by atoms with Crippen molar-refractivity contribution in [3.8, 4) is 0 Å². The average Bonchev–Trinajstić information content (AvgIpc) is 2.35. The maximum absolute atomic E-state index is 11.0. The van der Waals surface area contributed by atoms with E-state index in [4.69, 9.17) is 15.9 Å². The van der Waals surface area contributed by atoms with Gasteiger partial charge >= 0.3 is 11.9 Å². The average molecular weight is 301 g/mol. The van der Waals surface area contributed by atoms with Gasteiger partial charge in [-0.2, -0.15) is 0 Å². The number of rotatable bonds is 6. The molecular formula is C12H15NO4S2. The van der Waals surface area contributed by atoms with Crippen LogP contribution in [0.15, 0.2) is 29.2 Å². The van der Waals surface area contributed by atoms with Crippen LogP contribution in [0.1, 0.15) is 24.2 Å². The van der Waals surface area contributed by atoms with E-state index >= 15 is 0 Å². The van der Waals surface area contributed by atoms with Crippen LogP contribution in [-0.2, 0) is 4.79 Å². The van der Waals surface area contributed by atoms with Crippen LogP contribution >= 0.6 is 21.6 Å². The van der Waals surface area contributed by atoms with Gasteiger partial charge in [0, 0.05) is 9.64 Å². The second-order valence-corrected chi connectivity index (χ2v) is 7.21. The number of carboxylic acid groups (broad SMARTS) is 2. The summed E-state index contributed by atoms with van der Waals surface area (Å²) in [5, 5.41) is 18.0. The Balaban J connectivity index is 2.82. The summed E-state index contributed by atoms with van der Waals surface area (Å²) in [4.78, 5) is 22.5. The van der Waals surface area contributed by atoms with E-state index in [9.17, 15) is 9.59 Å². The summed E-state index contributed by atoms with van der Waals surface area (Å²) in [5.41, 5.74) is 5.80. The van der Waals surface area contributed by atoms with Gasteiger partial charge in [0.15, 0.2) is 0 Å². The summed E-state index contributed by atoms with van der Waals surface area (Å²) in [5.74, 6) is -2.09. The van der Waals surface area contributed by atoms with Crippen LogP contribution in [0.3, 0.4) is 0 Å². The number of carboxylic acids is 2. The van der Waals surface area contributed by atoms with Crippen molar-refractivity contribution in [3.05, 3.63) is 29.8 Å². The van der Waals surface area contributed by atoms with Crippen molar-refractivity contribution in [2.45, 2.75) is 29.5 Å². The van der Waals surface area contributed by atoms with Crippen molar-refractivity contribution >= 4 is 33.5 Å². The van der Waals surface area contributed by atoms with E-state index < -0.39 is 22.7 Å². The molecule has 4 N–H and O–H groups in total. The molecule has 0 aromatic heterocycles. The summed E-state index contributed by atoms with van der Waals surface area (Å²) in [7, 11) is 2.47. The molecule has 0 radical (unpaired) electrons. The predicted octanol–water partition coefficient (Wildman–Crippen LogP) is 2.32. The van der Waals surface area contributed by atoms with Gasteiger partial charge in [-0.15, -0.1) is 0 Å². The van der Waals surface area contributed by atoms with Gasteiger partial charge in [-0.05, 0) is 26.0 Å². The van der Waals surface area contributed by atoms with E-state index in [1.165, 1.54) is 27.7 Å². The summed E-state index contributed by atoms with van der Waals surface area (Å²) < 4.78 is -0.720. The highest BCUT2D eigenvalue weighted by Crippen LogP contribution is 2.43. The quantitative estimate of drug-likeness (QED) is 0.693. The minimum atomic E-state index is -1.08. The number of aliphatic carboxylic acids is 1. The number of aromatic carboxylic acids is 1. The molecule has 0 unspecified atom stereocenters. The van der Waals surface area contributed by atoms with Gasteiger partial charge in [-0.3, -0.25) is 4.79 Å². The Morgan fingerprint density at radius 1 is 1.26 bits per heavy atom. The highest BCUT2D eigenvalue weighted by Gasteiger charge is 2.33. The Morgan fingerprint density at radius 2 is 1.84 bits per heavy atom. The Labute approximate surface area is 119 Å². The van der Waals surface area contributed by atoms with Gasteiger partial charge < -0.3 is 15.9 Å². The summed E-state index contributed by atoms with van der Waals surface area (Å²) >= 11 is 0. The molecular weight excluding hydrogens is 286 g/mol. The minimum absolute atomic E-state index is 0.194. The van der Waals surface area contributed by atoms with E-state index in [1.807, 2.05) is 0 Å². The molecule has 0 heterocycles. The lowest BCUT2D eigenvalue weighted by molar-refractivity contribution is -0.139.